The Bertz CT molecular complexity index is 4900. The molecule has 4 nitrogen and oxygen atoms in total. The standard InChI is InChI=1S/C89H88BN3O/c1-84(2,3)55-30-39-60(40-31-55)91(61-41-32-56(33-42-61)85(4,5)6)64-49-73-70-28-22-23-29-74(70)89(16,17)82(73)78(50-64)93-77-47-38-59(88(13,14)15)48-75(77)90-76-53-71-68-26-20-18-24-66(68)67-25-19-21-27-69(67)72(71)54-80(76)94-81-52-65(51-79(93)83(81)90)92(62-43-34-57(35-44-62)86(7,8)9)63-45-36-58(37-46-63)87(10,11)12/h18-54H,1-17H3. The van der Waals surface area contributed by atoms with Crippen molar-refractivity contribution in [2.24, 2.45) is 0 Å². The van der Waals surface area contributed by atoms with Gasteiger partial charge in [-0.3, -0.25) is 0 Å². The highest BCUT2D eigenvalue weighted by molar-refractivity contribution is 6.99. The minimum absolute atomic E-state index is 0.0192. The molecule has 0 amide bonds. The monoisotopic (exact) mass is 1230 g/mol. The summed E-state index contributed by atoms with van der Waals surface area (Å²) >= 11 is 0. The van der Waals surface area contributed by atoms with Crippen LogP contribution in [0.15, 0.2) is 224 Å². The van der Waals surface area contributed by atoms with Crippen LogP contribution >= 0.6 is 0 Å². The van der Waals surface area contributed by atoms with Crippen LogP contribution in [-0.4, -0.2) is 6.71 Å². The Labute approximate surface area is 559 Å². The van der Waals surface area contributed by atoms with Crippen molar-refractivity contribution in [3.63, 3.8) is 0 Å². The Kier molecular flexibility index (Phi) is 13.8. The summed E-state index contributed by atoms with van der Waals surface area (Å²) in [5.41, 5.74) is 24.3. The first-order chi connectivity index (χ1) is 44.5. The van der Waals surface area contributed by atoms with E-state index in [-0.39, 0.29) is 33.8 Å². The molecule has 15 rings (SSSR count). The van der Waals surface area contributed by atoms with Crippen LogP contribution in [0.3, 0.4) is 0 Å². The van der Waals surface area contributed by atoms with E-state index in [1.807, 2.05) is 0 Å². The fourth-order valence-corrected chi connectivity index (χ4v) is 15.5. The van der Waals surface area contributed by atoms with Gasteiger partial charge >= 0.3 is 0 Å². The first kappa shape index (κ1) is 60.9. The predicted octanol–water partition coefficient (Wildman–Crippen LogP) is 23.3. The summed E-state index contributed by atoms with van der Waals surface area (Å²) in [4.78, 5) is 7.63. The van der Waals surface area contributed by atoms with Gasteiger partial charge in [0, 0.05) is 51.3 Å². The van der Waals surface area contributed by atoms with E-state index in [9.17, 15) is 0 Å². The summed E-state index contributed by atoms with van der Waals surface area (Å²) in [5, 5.41) is 7.38. The van der Waals surface area contributed by atoms with E-state index in [2.05, 4.69) is 357 Å². The number of rotatable bonds is 7. The van der Waals surface area contributed by atoms with E-state index in [0.717, 1.165) is 68.1 Å². The molecular weight excluding hydrogens is 1140 g/mol. The summed E-state index contributed by atoms with van der Waals surface area (Å²) in [6.45, 7) is 39.4. The molecule has 468 valence electrons. The van der Waals surface area contributed by atoms with E-state index in [4.69, 9.17) is 4.74 Å². The average Bonchev–Trinajstić information content (AvgIpc) is 1.07. The lowest BCUT2D eigenvalue weighted by Crippen LogP contribution is -2.59. The van der Waals surface area contributed by atoms with Crippen molar-refractivity contribution in [1.29, 1.82) is 0 Å². The van der Waals surface area contributed by atoms with Crippen molar-refractivity contribution in [3.05, 3.63) is 263 Å². The van der Waals surface area contributed by atoms with E-state index in [1.165, 1.54) is 93.3 Å². The van der Waals surface area contributed by atoms with Crippen molar-refractivity contribution >= 4 is 107 Å². The minimum atomic E-state index is -0.408. The molecule has 0 unspecified atom stereocenters. The molecule has 94 heavy (non-hydrogen) atoms. The van der Waals surface area contributed by atoms with Crippen LogP contribution in [-0.2, 0) is 32.5 Å². The number of hydrogen-bond acceptors (Lipinski definition) is 4. The van der Waals surface area contributed by atoms with Crippen molar-refractivity contribution in [2.75, 3.05) is 14.7 Å². The maximum absolute atomic E-state index is 7.85. The maximum Gasteiger partial charge on any atom is 0.256 e. The molecule has 5 heteroatoms. The maximum atomic E-state index is 7.85. The van der Waals surface area contributed by atoms with Gasteiger partial charge < -0.3 is 19.4 Å². The average molecular weight is 1230 g/mol. The van der Waals surface area contributed by atoms with Crippen LogP contribution in [0.4, 0.5) is 51.2 Å². The minimum Gasteiger partial charge on any atom is -0.458 e. The van der Waals surface area contributed by atoms with Gasteiger partial charge in [0.2, 0.25) is 0 Å². The van der Waals surface area contributed by atoms with Crippen molar-refractivity contribution < 1.29 is 4.74 Å². The summed E-state index contributed by atoms with van der Waals surface area (Å²) in [7, 11) is 0. The molecule has 0 N–H and O–H groups in total. The van der Waals surface area contributed by atoms with Crippen molar-refractivity contribution in [2.45, 2.75) is 150 Å². The molecule has 0 aromatic heterocycles. The molecular formula is C89H88BN3O. The molecule has 0 spiro atoms. The Hall–Kier alpha value is -9.32. The highest BCUT2D eigenvalue weighted by atomic mass is 16.5. The quantitative estimate of drug-likeness (QED) is 0.117. The third kappa shape index (κ3) is 10.0. The fraction of sp³-hybridized carbons (Fsp3) is 0.258. The highest BCUT2D eigenvalue weighted by Gasteiger charge is 2.47. The zero-order chi connectivity index (χ0) is 65.9. The molecule has 0 atom stereocenters. The molecule has 0 radical (unpaired) electrons. The predicted molar refractivity (Wildman–Crippen MR) is 405 cm³/mol. The molecule has 2 heterocycles. The molecule has 0 saturated carbocycles. The van der Waals surface area contributed by atoms with Gasteiger partial charge in [0.1, 0.15) is 11.5 Å². The van der Waals surface area contributed by atoms with Crippen LogP contribution in [0.25, 0.3) is 43.4 Å². The van der Waals surface area contributed by atoms with Gasteiger partial charge in [0.15, 0.2) is 0 Å². The summed E-state index contributed by atoms with van der Waals surface area (Å²) in [6, 6.07) is 86.4. The van der Waals surface area contributed by atoms with Crippen LogP contribution in [0.1, 0.15) is 157 Å². The molecule has 0 fully saturated rings. The van der Waals surface area contributed by atoms with Crippen LogP contribution in [0.2, 0.25) is 0 Å². The Morgan fingerprint density at radius 2 is 0.713 bits per heavy atom. The van der Waals surface area contributed by atoms with E-state index in [0.29, 0.717) is 0 Å². The molecule has 12 aromatic carbocycles. The van der Waals surface area contributed by atoms with E-state index in [1.54, 1.807) is 0 Å². The Balaban J connectivity index is 1.07. The second kappa shape index (κ2) is 21.4. The first-order valence-electron chi connectivity index (χ1n) is 34.0. The fourth-order valence-electron chi connectivity index (χ4n) is 15.5. The highest BCUT2D eigenvalue weighted by Crippen LogP contribution is 2.58. The molecule has 3 aliphatic rings. The van der Waals surface area contributed by atoms with E-state index >= 15 is 0 Å². The molecule has 12 aromatic rings. The first-order valence-corrected chi connectivity index (χ1v) is 34.0. The largest absolute Gasteiger partial charge is 0.458 e. The normalized spacial score (nSPS) is 14.1. The second-order valence-corrected chi connectivity index (χ2v) is 32.7. The summed E-state index contributed by atoms with van der Waals surface area (Å²) in [5.74, 6) is 1.73. The third-order valence-electron chi connectivity index (χ3n) is 20.8. The molecule has 0 saturated heterocycles. The van der Waals surface area contributed by atoms with Gasteiger partial charge in [0.25, 0.3) is 6.71 Å². The summed E-state index contributed by atoms with van der Waals surface area (Å²) in [6.07, 6.45) is 0. The number of benzene rings is 12. The van der Waals surface area contributed by atoms with Gasteiger partial charge in [-0.2, -0.15) is 0 Å². The Morgan fingerprint density at radius 3 is 1.17 bits per heavy atom. The molecule has 0 bridgehead atoms. The summed E-state index contributed by atoms with van der Waals surface area (Å²) < 4.78 is 7.85. The number of anilines is 9. The lowest BCUT2D eigenvalue weighted by molar-refractivity contribution is 0.488. The SMILES string of the molecule is CC(C)(C)c1ccc(N(c2ccc(C(C)(C)C)cc2)c2cc3c4c(c2)N(c2cc(N(c5ccc(C(C)(C)C)cc5)c5ccc(C(C)(C)C)cc5)cc5c2C(C)(C)c2ccccc2-5)c2ccc(C(C)(C)C)cc2B4c2cc4c5ccccc5c5ccccc5c4cc2O3)cc1. The van der Waals surface area contributed by atoms with Crippen LogP contribution in [0, 0.1) is 0 Å². The molecule has 1 aliphatic carbocycles. The smallest absolute Gasteiger partial charge is 0.256 e. The van der Waals surface area contributed by atoms with Gasteiger partial charge in [0.05, 0.1) is 11.4 Å². The topological polar surface area (TPSA) is 19.0 Å². The number of nitrogens with zero attached hydrogens (tertiary/aromatic N) is 3. The van der Waals surface area contributed by atoms with E-state index < -0.39 is 5.41 Å². The van der Waals surface area contributed by atoms with Gasteiger partial charge in [-0.25, -0.2) is 0 Å². The van der Waals surface area contributed by atoms with Gasteiger partial charge in [-0.05, 0) is 205 Å². The number of hydrogen-bond donors (Lipinski definition) is 0. The second-order valence-electron chi connectivity index (χ2n) is 32.7. The Morgan fingerprint density at radius 1 is 0.319 bits per heavy atom. The van der Waals surface area contributed by atoms with Gasteiger partial charge in [-0.1, -0.05) is 257 Å². The number of fused-ring (bicyclic) bond motifs is 13. The number of ether oxygens (including phenoxy) is 1. The lowest BCUT2D eigenvalue weighted by Gasteiger charge is -2.43. The van der Waals surface area contributed by atoms with Crippen molar-refractivity contribution in [1.82, 2.24) is 0 Å². The lowest BCUT2D eigenvalue weighted by atomic mass is 9.34. The van der Waals surface area contributed by atoms with Crippen molar-refractivity contribution in [3.8, 4) is 22.6 Å². The van der Waals surface area contributed by atoms with Gasteiger partial charge in [-0.15, -0.1) is 0 Å². The van der Waals surface area contributed by atoms with Crippen LogP contribution < -0.4 is 35.8 Å². The third-order valence-corrected chi connectivity index (χ3v) is 20.8. The zero-order valence-corrected chi connectivity index (χ0v) is 58.2. The molecule has 2 aliphatic heterocycles. The van der Waals surface area contributed by atoms with Crippen LogP contribution in [0.5, 0.6) is 11.5 Å². The zero-order valence-electron chi connectivity index (χ0n) is 58.2.